The van der Waals surface area contributed by atoms with E-state index in [-0.39, 0.29) is 70.1 Å². The number of fused-ring (bicyclic) bond motifs is 8. The summed E-state index contributed by atoms with van der Waals surface area (Å²) in [4.78, 5) is 23.2. The minimum atomic E-state index is -0.828. The molecule has 0 bridgehead atoms. The summed E-state index contributed by atoms with van der Waals surface area (Å²) < 4.78 is 0. The van der Waals surface area contributed by atoms with E-state index in [0.717, 1.165) is 32.1 Å². The first-order chi connectivity index (χ1) is 12.7. The van der Waals surface area contributed by atoms with Crippen molar-refractivity contribution in [3.05, 3.63) is 11.6 Å². The number of rotatable bonds is 3. The normalized spacial score (nSPS) is 51.0. The molecule has 0 saturated heterocycles. The van der Waals surface area contributed by atoms with E-state index in [2.05, 4.69) is 13.8 Å². The van der Waals surface area contributed by atoms with Gasteiger partial charge in [-0.2, -0.15) is 0 Å². The number of aliphatic carboxylic acids is 1. The maximum atomic E-state index is 12.1. The number of hydrogen-bond donors (Lipinski definition) is 2. The van der Waals surface area contributed by atoms with E-state index in [1.165, 1.54) is 12.0 Å². The first kappa shape index (κ1) is 21.7. The molecule has 4 fully saturated rings. The summed E-state index contributed by atoms with van der Waals surface area (Å²) in [5.41, 5.74) is 0.635. The zero-order chi connectivity index (χ0) is 19.2. The summed E-state index contributed by atoms with van der Waals surface area (Å²) in [6, 6.07) is 0. The molecule has 2 N–H and O–H groups in total. The van der Waals surface area contributed by atoms with Crippen LogP contribution in [0.1, 0.15) is 73.1 Å². The molecule has 0 amide bonds. The molecule has 0 aliphatic heterocycles. The molecule has 5 heteroatoms. The van der Waals surface area contributed by atoms with Gasteiger partial charge in [0.1, 0.15) is 0 Å². The van der Waals surface area contributed by atoms with E-state index in [4.69, 9.17) is 5.11 Å². The van der Waals surface area contributed by atoms with Crippen LogP contribution < -0.4 is 51.4 Å². The fourth-order valence-corrected chi connectivity index (χ4v) is 8.24. The van der Waals surface area contributed by atoms with E-state index in [1.807, 2.05) is 6.08 Å². The average molecular weight is 413 g/mol. The van der Waals surface area contributed by atoms with E-state index >= 15 is 0 Å². The zero-order valence-electron chi connectivity index (χ0n) is 18.5. The van der Waals surface area contributed by atoms with Gasteiger partial charge < -0.3 is 11.6 Å². The Balaban J connectivity index is 0.00000120. The summed E-state index contributed by atoms with van der Waals surface area (Å²) in [7, 11) is 0. The van der Waals surface area contributed by atoms with E-state index in [9.17, 15) is 14.7 Å². The summed E-state index contributed by atoms with van der Waals surface area (Å²) in [5, 5.41) is 20.6. The van der Waals surface area contributed by atoms with Crippen molar-refractivity contribution in [2.24, 2.45) is 40.4 Å². The standard InChI is InChI=1S/C23H32O4.K.H/c1-21-7-3-13(24)11-18(21)14-12-15(14)20-16(21)4-8-22(2)17(20)5-9-23(22,27)10-6-19(25)26;;/h11,14-17,20,27H,3-10,12H2,1-2H3,(H,25,26);;/q;+1;-1/t14-,15+,16-,17-,20+,21+,22-,23+;;/m0../s1. The summed E-state index contributed by atoms with van der Waals surface area (Å²) in [5.74, 6) is 2.56. The zero-order valence-corrected chi connectivity index (χ0v) is 20.7. The molecule has 0 heterocycles. The molecule has 0 spiro atoms. The molecule has 0 aromatic heterocycles. The Morgan fingerprint density at radius 2 is 1.93 bits per heavy atom. The number of carbonyl (C=O) groups is 2. The van der Waals surface area contributed by atoms with Crippen molar-refractivity contribution in [2.75, 3.05) is 0 Å². The van der Waals surface area contributed by atoms with Crippen LogP contribution >= 0.6 is 0 Å². The summed E-state index contributed by atoms with van der Waals surface area (Å²) >= 11 is 0. The molecular weight excluding hydrogens is 379 g/mol. The second-order valence-corrected chi connectivity index (χ2v) is 10.7. The maximum Gasteiger partial charge on any atom is 1.00 e. The van der Waals surface area contributed by atoms with E-state index in [1.54, 1.807) is 0 Å². The van der Waals surface area contributed by atoms with Crippen LogP contribution in [0, 0.1) is 40.4 Å². The second-order valence-electron chi connectivity index (χ2n) is 10.7. The molecule has 0 aromatic carbocycles. The van der Waals surface area contributed by atoms with Crippen molar-refractivity contribution < 1.29 is 72.6 Å². The largest absolute Gasteiger partial charge is 1.00 e. The second kappa shape index (κ2) is 6.99. The van der Waals surface area contributed by atoms with Crippen LogP contribution in [0.3, 0.4) is 0 Å². The van der Waals surface area contributed by atoms with Crippen molar-refractivity contribution in [1.82, 2.24) is 0 Å². The summed E-state index contributed by atoms with van der Waals surface area (Å²) in [6.07, 6.45) is 9.22. The number of ketones is 1. The van der Waals surface area contributed by atoms with Crippen LogP contribution in [-0.2, 0) is 9.59 Å². The summed E-state index contributed by atoms with van der Waals surface area (Å²) in [6.45, 7) is 4.66. The van der Waals surface area contributed by atoms with Gasteiger partial charge in [0.25, 0.3) is 0 Å². The predicted molar refractivity (Wildman–Crippen MR) is 102 cm³/mol. The smallest absolute Gasteiger partial charge is 1.00 e. The van der Waals surface area contributed by atoms with Crippen LogP contribution in [0.15, 0.2) is 11.6 Å². The molecule has 5 aliphatic rings. The quantitative estimate of drug-likeness (QED) is 0.681. The van der Waals surface area contributed by atoms with Crippen molar-refractivity contribution in [3.63, 3.8) is 0 Å². The Hall–Kier alpha value is 0.476. The molecule has 4 nitrogen and oxygen atoms in total. The topological polar surface area (TPSA) is 74.6 Å². The Morgan fingerprint density at radius 3 is 2.64 bits per heavy atom. The Bertz CT molecular complexity index is 753. The monoisotopic (exact) mass is 412 g/mol. The van der Waals surface area contributed by atoms with Crippen LogP contribution in [-0.4, -0.2) is 27.6 Å². The fraction of sp³-hybridized carbons (Fsp3) is 0.826. The van der Waals surface area contributed by atoms with Crippen molar-refractivity contribution >= 4 is 11.8 Å². The van der Waals surface area contributed by atoms with Crippen LogP contribution in [0.2, 0.25) is 0 Å². The number of aliphatic hydroxyl groups is 1. The molecule has 28 heavy (non-hydrogen) atoms. The van der Waals surface area contributed by atoms with Gasteiger partial charge in [0.15, 0.2) is 5.78 Å². The minimum absolute atomic E-state index is 0. The Labute approximate surface area is 211 Å². The Morgan fingerprint density at radius 1 is 1.21 bits per heavy atom. The van der Waals surface area contributed by atoms with Gasteiger partial charge in [-0.1, -0.05) is 19.4 Å². The number of carbonyl (C=O) groups excluding carboxylic acids is 1. The first-order valence-electron chi connectivity index (χ1n) is 10.9. The Kier molecular flexibility index (Phi) is 5.42. The molecule has 0 aromatic rings. The number of hydrogen-bond acceptors (Lipinski definition) is 3. The van der Waals surface area contributed by atoms with Crippen LogP contribution in [0.5, 0.6) is 0 Å². The first-order valence-corrected chi connectivity index (χ1v) is 10.9. The third-order valence-electron chi connectivity index (χ3n) is 9.83. The van der Waals surface area contributed by atoms with E-state index in [0.29, 0.717) is 48.2 Å². The predicted octanol–water partition coefficient (Wildman–Crippen LogP) is 1.09. The van der Waals surface area contributed by atoms with Gasteiger partial charge in [-0.3, -0.25) is 9.59 Å². The third kappa shape index (κ3) is 2.86. The molecule has 5 aliphatic carbocycles. The number of carboxylic acids is 1. The minimum Gasteiger partial charge on any atom is -1.00 e. The molecule has 150 valence electrons. The maximum absolute atomic E-state index is 12.1. The van der Waals surface area contributed by atoms with Gasteiger partial charge in [-0.05, 0) is 91.4 Å². The van der Waals surface area contributed by atoms with Crippen molar-refractivity contribution in [2.45, 2.75) is 77.2 Å². The molecule has 5 rings (SSSR count). The van der Waals surface area contributed by atoms with Crippen LogP contribution in [0.4, 0.5) is 0 Å². The SMILES string of the molecule is C[C@]12CCC(=O)C=C1[C@H]1C[C@H]1[C@@H]1[C@@H]2CC[C@@]2(C)[C@H]1CC[C@@]2(O)CCC(=O)O.[H-].[K+]. The van der Waals surface area contributed by atoms with Gasteiger partial charge in [-0.15, -0.1) is 0 Å². The van der Waals surface area contributed by atoms with Gasteiger partial charge in [0.2, 0.25) is 0 Å². The average Bonchev–Trinajstić information content (AvgIpc) is 3.35. The number of carboxylic acid groups (broad SMARTS) is 1. The molecule has 0 unspecified atom stereocenters. The van der Waals surface area contributed by atoms with Crippen molar-refractivity contribution in [1.29, 1.82) is 0 Å². The van der Waals surface area contributed by atoms with Gasteiger partial charge >= 0.3 is 57.4 Å². The van der Waals surface area contributed by atoms with Gasteiger partial charge in [0, 0.05) is 12.8 Å². The van der Waals surface area contributed by atoms with Crippen molar-refractivity contribution in [3.8, 4) is 0 Å². The molecule has 0 radical (unpaired) electrons. The number of allylic oxidation sites excluding steroid dienone is 1. The fourth-order valence-electron chi connectivity index (χ4n) is 8.24. The molecule has 8 atom stereocenters. The molecule has 4 saturated carbocycles. The van der Waals surface area contributed by atoms with Crippen LogP contribution in [0.25, 0.3) is 0 Å². The van der Waals surface area contributed by atoms with E-state index < -0.39 is 11.6 Å². The third-order valence-corrected chi connectivity index (χ3v) is 9.83. The van der Waals surface area contributed by atoms with Gasteiger partial charge in [0.05, 0.1) is 5.60 Å². The molecular formula is C23H33KO4. The van der Waals surface area contributed by atoms with Gasteiger partial charge in [-0.25, -0.2) is 0 Å².